The smallest absolute Gasteiger partial charge is 0.406 e. The Hall–Kier alpha value is -1.43. The summed E-state index contributed by atoms with van der Waals surface area (Å²) in [6.07, 6.45) is -4.34. The monoisotopic (exact) mass is 264 g/mol. The van der Waals surface area contributed by atoms with Crippen molar-refractivity contribution in [1.29, 1.82) is 0 Å². The SMILES string of the molecule is COc1ccc2c(c1)nc(Cl)n2CC(F)(F)F. The molecular formula is C10H8ClF3N2O. The highest BCUT2D eigenvalue weighted by atomic mass is 35.5. The van der Waals surface area contributed by atoms with Crippen LogP contribution in [0.3, 0.4) is 0 Å². The summed E-state index contributed by atoms with van der Waals surface area (Å²) in [6.45, 7) is -1.16. The topological polar surface area (TPSA) is 27.1 Å². The summed E-state index contributed by atoms with van der Waals surface area (Å²) in [6, 6.07) is 4.60. The fourth-order valence-electron chi connectivity index (χ4n) is 1.54. The minimum absolute atomic E-state index is 0.189. The molecule has 0 bridgehead atoms. The molecule has 0 atom stereocenters. The molecule has 17 heavy (non-hydrogen) atoms. The number of hydrogen-bond donors (Lipinski definition) is 0. The first kappa shape index (κ1) is 12.0. The standard InChI is InChI=1S/C10H8ClF3N2O/c1-17-6-2-3-8-7(4-6)15-9(11)16(8)5-10(12,13)14/h2-4H,5H2,1H3. The highest BCUT2D eigenvalue weighted by Crippen LogP contribution is 2.27. The Morgan fingerprint density at radius 1 is 1.41 bits per heavy atom. The number of alkyl halides is 3. The lowest BCUT2D eigenvalue weighted by Crippen LogP contribution is -2.17. The maximum Gasteiger partial charge on any atom is 0.406 e. The van der Waals surface area contributed by atoms with Crippen molar-refractivity contribution in [3.8, 4) is 5.75 Å². The van der Waals surface area contributed by atoms with Gasteiger partial charge in [-0.1, -0.05) is 0 Å². The van der Waals surface area contributed by atoms with Crippen molar-refractivity contribution in [2.75, 3.05) is 7.11 Å². The van der Waals surface area contributed by atoms with E-state index in [1.54, 1.807) is 6.07 Å². The summed E-state index contributed by atoms with van der Waals surface area (Å²) in [5.41, 5.74) is 0.701. The van der Waals surface area contributed by atoms with E-state index in [4.69, 9.17) is 16.3 Å². The van der Waals surface area contributed by atoms with Crippen LogP contribution >= 0.6 is 11.6 Å². The number of imidazole rings is 1. The maximum atomic E-state index is 12.3. The third kappa shape index (κ3) is 2.46. The van der Waals surface area contributed by atoms with Gasteiger partial charge in [-0.15, -0.1) is 0 Å². The lowest BCUT2D eigenvalue weighted by atomic mass is 10.3. The second-order valence-electron chi connectivity index (χ2n) is 3.44. The first-order valence-corrected chi connectivity index (χ1v) is 5.05. The molecule has 0 saturated carbocycles. The molecular weight excluding hydrogens is 257 g/mol. The van der Waals surface area contributed by atoms with E-state index in [1.807, 2.05) is 0 Å². The zero-order valence-corrected chi connectivity index (χ0v) is 9.51. The van der Waals surface area contributed by atoms with Gasteiger partial charge in [-0.25, -0.2) is 4.98 Å². The van der Waals surface area contributed by atoms with E-state index in [0.717, 1.165) is 4.57 Å². The number of benzene rings is 1. The Kier molecular flexibility index (Phi) is 2.91. The van der Waals surface area contributed by atoms with Crippen LogP contribution in [0.1, 0.15) is 0 Å². The summed E-state index contributed by atoms with van der Waals surface area (Å²) in [5.74, 6) is 0.519. The molecule has 1 aromatic heterocycles. The van der Waals surface area contributed by atoms with E-state index in [1.165, 1.54) is 19.2 Å². The Morgan fingerprint density at radius 3 is 2.71 bits per heavy atom. The fraction of sp³-hybridized carbons (Fsp3) is 0.300. The number of halogens is 4. The molecule has 0 saturated heterocycles. The number of nitrogens with zero attached hydrogens (tertiary/aromatic N) is 2. The number of hydrogen-bond acceptors (Lipinski definition) is 2. The molecule has 0 radical (unpaired) electrons. The van der Waals surface area contributed by atoms with Crippen LogP contribution in [-0.2, 0) is 6.54 Å². The Bertz CT molecular complexity index is 550. The van der Waals surface area contributed by atoms with Gasteiger partial charge in [0.1, 0.15) is 12.3 Å². The number of fused-ring (bicyclic) bond motifs is 1. The average molecular weight is 265 g/mol. The van der Waals surface area contributed by atoms with Gasteiger partial charge in [-0.2, -0.15) is 13.2 Å². The van der Waals surface area contributed by atoms with Gasteiger partial charge in [-0.05, 0) is 23.7 Å². The van der Waals surface area contributed by atoms with Gasteiger partial charge in [0.25, 0.3) is 0 Å². The van der Waals surface area contributed by atoms with Gasteiger partial charge < -0.3 is 9.30 Å². The minimum atomic E-state index is -4.34. The zero-order chi connectivity index (χ0) is 12.6. The lowest BCUT2D eigenvalue weighted by Gasteiger charge is -2.09. The highest BCUT2D eigenvalue weighted by molar-refractivity contribution is 6.29. The van der Waals surface area contributed by atoms with Crippen molar-refractivity contribution in [2.24, 2.45) is 0 Å². The van der Waals surface area contributed by atoms with Crippen molar-refractivity contribution in [3.05, 3.63) is 23.5 Å². The average Bonchev–Trinajstić information content (AvgIpc) is 2.52. The van der Waals surface area contributed by atoms with Crippen molar-refractivity contribution in [1.82, 2.24) is 9.55 Å². The molecule has 3 nitrogen and oxygen atoms in total. The van der Waals surface area contributed by atoms with Gasteiger partial charge in [-0.3, -0.25) is 0 Å². The van der Waals surface area contributed by atoms with E-state index < -0.39 is 12.7 Å². The number of rotatable bonds is 2. The summed E-state index contributed by atoms with van der Waals surface area (Å²) < 4.78 is 42.9. The van der Waals surface area contributed by atoms with Gasteiger partial charge in [0.15, 0.2) is 0 Å². The van der Waals surface area contributed by atoms with Gasteiger partial charge in [0.2, 0.25) is 5.28 Å². The summed E-state index contributed by atoms with van der Waals surface area (Å²) >= 11 is 5.68. The molecule has 0 aliphatic heterocycles. The fourth-order valence-corrected chi connectivity index (χ4v) is 1.78. The summed E-state index contributed by atoms with van der Waals surface area (Å²) in [5, 5.41) is -0.189. The van der Waals surface area contributed by atoms with Crippen molar-refractivity contribution >= 4 is 22.6 Å². The van der Waals surface area contributed by atoms with Crippen molar-refractivity contribution < 1.29 is 17.9 Å². The normalized spacial score (nSPS) is 12.1. The molecule has 2 rings (SSSR count). The van der Waals surface area contributed by atoms with E-state index in [9.17, 15) is 13.2 Å². The van der Waals surface area contributed by atoms with Crippen molar-refractivity contribution in [3.63, 3.8) is 0 Å². The molecule has 1 heterocycles. The summed E-state index contributed by atoms with van der Waals surface area (Å²) in [7, 11) is 1.47. The minimum Gasteiger partial charge on any atom is -0.497 e. The third-order valence-corrected chi connectivity index (χ3v) is 2.53. The Labute approximate surface area is 99.8 Å². The van der Waals surface area contributed by atoms with Crippen LogP contribution in [0.15, 0.2) is 18.2 Å². The van der Waals surface area contributed by atoms with Crippen LogP contribution in [0.4, 0.5) is 13.2 Å². The van der Waals surface area contributed by atoms with E-state index in [2.05, 4.69) is 4.98 Å². The number of aromatic nitrogens is 2. The van der Waals surface area contributed by atoms with E-state index in [0.29, 0.717) is 16.8 Å². The molecule has 0 unspecified atom stereocenters. The highest BCUT2D eigenvalue weighted by Gasteiger charge is 2.30. The van der Waals surface area contributed by atoms with Gasteiger partial charge in [0.05, 0.1) is 18.1 Å². The molecule has 0 amide bonds. The molecule has 0 spiro atoms. The zero-order valence-electron chi connectivity index (χ0n) is 8.75. The van der Waals surface area contributed by atoms with Crippen LogP contribution in [0.5, 0.6) is 5.75 Å². The quantitative estimate of drug-likeness (QED) is 0.832. The third-order valence-electron chi connectivity index (χ3n) is 2.25. The first-order chi connectivity index (χ1) is 7.90. The molecule has 2 aromatic rings. The van der Waals surface area contributed by atoms with Crippen molar-refractivity contribution in [2.45, 2.75) is 12.7 Å². The van der Waals surface area contributed by atoms with Crippen LogP contribution in [0.2, 0.25) is 5.28 Å². The molecule has 7 heteroatoms. The van der Waals surface area contributed by atoms with Crippen LogP contribution in [0, 0.1) is 0 Å². The molecule has 0 aliphatic carbocycles. The van der Waals surface area contributed by atoms with Crippen LogP contribution < -0.4 is 4.74 Å². The van der Waals surface area contributed by atoms with E-state index in [-0.39, 0.29) is 5.28 Å². The van der Waals surface area contributed by atoms with E-state index >= 15 is 0 Å². The largest absolute Gasteiger partial charge is 0.497 e. The first-order valence-electron chi connectivity index (χ1n) is 4.67. The predicted octanol–water partition coefficient (Wildman–Crippen LogP) is 3.26. The number of ether oxygens (including phenoxy) is 1. The lowest BCUT2D eigenvalue weighted by molar-refractivity contribution is -0.139. The molecule has 0 aliphatic rings. The van der Waals surface area contributed by atoms with Gasteiger partial charge in [0, 0.05) is 6.07 Å². The molecule has 92 valence electrons. The maximum absolute atomic E-state index is 12.3. The number of methoxy groups -OCH3 is 1. The Morgan fingerprint density at radius 2 is 2.12 bits per heavy atom. The predicted molar refractivity (Wildman–Crippen MR) is 57.4 cm³/mol. The second kappa shape index (κ2) is 4.10. The van der Waals surface area contributed by atoms with Crippen LogP contribution in [-0.4, -0.2) is 22.8 Å². The van der Waals surface area contributed by atoms with Crippen LogP contribution in [0.25, 0.3) is 11.0 Å². The second-order valence-corrected chi connectivity index (χ2v) is 3.77. The molecule has 0 N–H and O–H groups in total. The van der Waals surface area contributed by atoms with Gasteiger partial charge >= 0.3 is 6.18 Å². The molecule has 0 fully saturated rings. The molecule has 1 aromatic carbocycles. The summed E-state index contributed by atoms with van der Waals surface area (Å²) in [4.78, 5) is 3.85. The Balaban J connectivity index is 2.52.